The number of phenolic OH excluding ortho intramolecular Hbond substituents is 1. The first-order chi connectivity index (χ1) is 14.4. The molecule has 3 aromatic rings. The fourth-order valence-electron chi connectivity index (χ4n) is 2.61. The van der Waals surface area contributed by atoms with Crippen molar-refractivity contribution in [2.45, 2.75) is 0 Å². The van der Waals surface area contributed by atoms with Gasteiger partial charge in [-0.2, -0.15) is 0 Å². The molecule has 0 unspecified atom stereocenters. The zero-order valence-electron chi connectivity index (χ0n) is 15.4. The summed E-state index contributed by atoms with van der Waals surface area (Å²) < 4.78 is 0. The van der Waals surface area contributed by atoms with Gasteiger partial charge in [0.25, 0.3) is 5.91 Å². The second-order valence-corrected chi connectivity index (χ2v) is 6.46. The van der Waals surface area contributed by atoms with E-state index in [0.717, 1.165) is 4.90 Å². The van der Waals surface area contributed by atoms with Crippen LogP contribution >= 0.6 is 11.6 Å². The van der Waals surface area contributed by atoms with Crippen LogP contribution in [0.4, 0.5) is 17.2 Å². The molecule has 1 aromatic heterocycles. The van der Waals surface area contributed by atoms with Crippen LogP contribution in [0.25, 0.3) is 0 Å². The second-order valence-electron chi connectivity index (χ2n) is 6.03. The summed E-state index contributed by atoms with van der Waals surface area (Å²) in [6.45, 7) is 0. The highest BCUT2D eigenvalue weighted by atomic mass is 35.5. The maximum atomic E-state index is 12.7. The van der Waals surface area contributed by atoms with Crippen LogP contribution in [0.2, 0.25) is 5.02 Å². The van der Waals surface area contributed by atoms with Gasteiger partial charge in [-0.25, -0.2) is 4.98 Å². The number of pyridine rings is 1. The van der Waals surface area contributed by atoms with Gasteiger partial charge in [-0.1, -0.05) is 28.9 Å². The highest BCUT2D eigenvalue weighted by Crippen LogP contribution is 2.33. The van der Waals surface area contributed by atoms with Gasteiger partial charge in [-0.3, -0.25) is 14.5 Å². The van der Waals surface area contributed by atoms with Gasteiger partial charge >= 0.3 is 0 Å². The number of aromatic hydroxyl groups is 1. The lowest BCUT2D eigenvalue weighted by atomic mass is 10.1. The van der Waals surface area contributed by atoms with Crippen molar-refractivity contribution < 1.29 is 19.9 Å². The van der Waals surface area contributed by atoms with Gasteiger partial charge in [0.15, 0.2) is 5.84 Å². The van der Waals surface area contributed by atoms with Crippen molar-refractivity contribution in [2.24, 2.45) is 10.9 Å². The smallest absolute Gasteiger partial charge is 0.255 e. The summed E-state index contributed by atoms with van der Waals surface area (Å²) in [5.41, 5.74) is 6.73. The van der Waals surface area contributed by atoms with Crippen LogP contribution in [0, 0.1) is 0 Å². The van der Waals surface area contributed by atoms with Crippen molar-refractivity contribution in [1.82, 2.24) is 4.98 Å². The summed E-state index contributed by atoms with van der Waals surface area (Å²) in [6, 6.07) is 13.3. The summed E-state index contributed by atoms with van der Waals surface area (Å²) in [5, 5.41) is 24.6. The quantitative estimate of drug-likeness (QED) is 0.119. The molecular formula is C20H16ClN5O4. The Balaban J connectivity index is 1.92. The number of halogens is 1. The van der Waals surface area contributed by atoms with Crippen molar-refractivity contribution in [2.75, 3.05) is 10.2 Å². The van der Waals surface area contributed by atoms with Gasteiger partial charge in [0, 0.05) is 23.4 Å². The molecule has 0 aliphatic heterocycles. The van der Waals surface area contributed by atoms with Crippen LogP contribution in [-0.4, -0.2) is 33.5 Å². The van der Waals surface area contributed by atoms with Gasteiger partial charge in [-0.15, -0.1) is 0 Å². The van der Waals surface area contributed by atoms with Crippen LogP contribution in [0.5, 0.6) is 5.75 Å². The molecule has 0 bridgehead atoms. The molecule has 5 N–H and O–H groups in total. The summed E-state index contributed by atoms with van der Waals surface area (Å²) in [4.78, 5) is 29.7. The molecule has 0 spiro atoms. The number of carbonyl (C=O) groups excluding carboxylic acids is 2. The first kappa shape index (κ1) is 20.6. The number of hydrogen-bond donors (Lipinski definition) is 4. The number of aromatic nitrogens is 1. The number of nitrogens with zero attached hydrogens (tertiary/aromatic N) is 3. The standard InChI is InChI=1S/C20H16ClN5O4/c21-14-5-8-18(23-10-14)26(11-27)17-9-15(28)6-7-16(17)24-20(29)13-3-1-12(2-4-13)19(22)25-30/h1-11,28,30H,(H2,22,25)(H,24,29). The number of oxime groups is 1. The van der Waals surface area contributed by atoms with Gasteiger partial charge in [0.1, 0.15) is 11.6 Å². The van der Waals surface area contributed by atoms with Crippen LogP contribution in [0.3, 0.4) is 0 Å². The normalized spacial score (nSPS) is 11.0. The van der Waals surface area contributed by atoms with E-state index in [-0.39, 0.29) is 28.8 Å². The van der Waals surface area contributed by atoms with Crippen molar-refractivity contribution in [3.63, 3.8) is 0 Å². The number of anilines is 3. The fourth-order valence-corrected chi connectivity index (χ4v) is 2.73. The number of phenols is 1. The number of carbonyl (C=O) groups is 2. The van der Waals surface area contributed by atoms with Crippen LogP contribution in [0.1, 0.15) is 15.9 Å². The third-order valence-electron chi connectivity index (χ3n) is 4.10. The average Bonchev–Trinajstić information content (AvgIpc) is 2.76. The van der Waals surface area contributed by atoms with Crippen LogP contribution in [0.15, 0.2) is 65.9 Å². The van der Waals surface area contributed by atoms with E-state index < -0.39 is 5.91 Å². The third-order valence-corrected chi connectivity index (χ3v) is 4.33. The second kappa shape index (κ2) is 8.93. The van der Waals surface area contributed by atoms with Crippen molar-refractivity contribution in [1.29, 1.82) is 0 Å². The molecule has 2 aromatic carbocycles. The number of amides is 2. The molecular weight excluding hydrogens is 410 g/mol. The lowest BCUT2D eigenvalue weighted by Gasteiger charge is -2.20. The first-order valence-electron chi connectivity index (χ1n) is 8.51. The maximum absolute atomic E-state index is 12.7. The Hall–Kier alpha value is -4.11. The maximum Gasteiger partial charge on any atom is 0.255 e. The largest absolute Gasteiger partial charge is 0.508 e. The highest BCUT2D eigenvalue weighted by Gasteiger charge is 2.17. The fraction of sp³-hybridized carbons (Fsp3) is 0. The van der Waals surface area contributed by atoms with Crippen molar-refractivity contribution >= 4 is 46.9 Å². The Bertz CT molecular complexity index is 1100. The number of rotatable bonds is 6. The third kappa shape index (κ3) is 4.47. The Labute approximate surface area is 176 Å². The van der Waals surface area contributed by atoms with Gasteiger partial charge in [0.2, 0.25) is 6.41 Å². The van der Waals surface area contributed by atoms with Crippen molar-refractivity contribution in [3.05, 3.63) is 76.9 Å². The monoisotopic (exact) mass is 425 g/mol. The highest BCUT2D eigenvalue weighted by molar-refractivity contribution is 6.30. The van der Waals surface area contributed by atoms with E-state index in [1.54, 1.807) is 6.07 Å². The van der Waals surface area contributed by atoms with Crippen LogP contribution in [-0.2, 0) is 4.79 Å². The van der Waals surface area contributed by atoms with E-state index in [0.29, 0.717) is 22.6 Å². The van der Waals surface area contributed by atoms with E-state index in [9.17, 15) is 14.7 Å². The van der Waals surface area contributed by atoms with E-state index in [1.165, 1.54) is 54.7 Å². The van der Waals surface area contributed by atoms with Gasteiger partial charge < -0.3 is 21.4 Å². The molecule has 0 aliphatic rings. The molecule has 1 heterocycles. The number of amidine groups is 1. The van der Waals surface area contributed by atoms with E-state index in [4.69, 9.17) is 22.5 Å². The predicted octanol–water partition coefficient (Wildman–Crippen LogP) is 3.08. The summed E-state index contributed by atoms with van der Waals surface area (Å²) in [7, 11) is 0. The molecule has 3 rings (SSSR count). The molecule has 0 saturated carbocycles. The zero-order valence-corrected chi connectivity index (χ0v) is 16.1. The summed E-state index contributed by atoms with van der Waals surface area (Å²) in [5.74, 6) is -0.409. The molecule has 0 atom stereocenters. The lowest BCUT2D eigenvalue weighted by molar-refractivity contribution is -0.106. The molecule has 2 amide bonds. The molecule has 9 nitrogen and oxygen atoms in total. The Morgan fingerprint density at radius 2 is 1.83 bits per heavy atom. The van der Waals surface area contributed by atoms with Crippen LogP contribution < -0.4 is 16.0 Å². The number of nitrogens with one attached hydrogen (secondary N) is 1. The summed E-state index contributed by atoms with van der Waals surface area (Å²) in [6.07, 6.45) is 1.88. The Kier molecular flexibility index (Phi) is 6.14. The van der Waals surface area contributed by atoms with E-state index >= 15 is 0 Å². The van der Waals surface area contributed by atoms with E-state index in [2.05, 4.69) is 15.5 Å². The first-order valence-corrected chi connectivity index (χ1v) is 8.89. The predicted molar refractivity (Wildman–Crippen MR) is 112 cm³/mol. The molecule has 0 fully saturated rings. The minimum Gasteiger partial charge on any atom is -0.508 e. The number of nitrogens with two attached hydrogens (primary N) is 1. The molecule has 152 valence electrons. The SMILES string of the molecule is NC(=NO)c1ccc(C(=O)Nc2ccc(O)cc2N(C=O)c2ccc(Cl)cn2)cc1. The Morgan fingerprint density at radius 1 is 1.13 bits per heavy atom. The molecule has 30 heavy (non-hydrogen) atoms. The number of benzene rings is 2. The lowest BCUT2D eigenvalue weighted by Crippen LogP contribution is -2.20. The average molecular weight is 426 g/mol. The van der Waals surface area contributed by atoms with E-state index in [1.807, 2.05) is 0 Å². The summed E-state index contributed by atoms with van der Waals surface area (Å²) >= 11 is 5.84. The zero-order chi connectivity index (χ0) is 21.7. The molecule has 10 heteroatoms. The van der Waals surface area contributed by atoms with Gasteiger partial charge in [0.05, 0.1) is 16.4 Å². The minimum atomic E-state index is -0.470. The molecule has 0 radical (unpaired) electrons. The number of hydrogen-bond acceptors (Lipinski definition) is 6. The Morgan fingerprint density at radius 3 is 2.43 bits per heavy atom. The van der Waals surface area contributed by atoms with Gasteiger partial charge in [-0.05, 0) is 36.4 Å². The molecule has 0 saturated heterocycles. The molecule has 0 aliphatic carbocycles. The minimum absolute atomic E-state index is 0.0835. The van der Waals surface area contributed by atoms with Crippen molar-refractivity contribution in [3.8, 4) is 5.75 Å². The topological polar surface area (TPSA) is 141 Å².